The second-order valence-corrected chi connectivity index (χ2v) is 4.95. The van der Waals surface area contributed by atoms with Crippen molar-refractivity contribution in [3.63, 3.8) is 0 Å². The van der Waals surface area contributed by atoms with E-state index in [2.05, 4.69) is 17.1 Å². The van der Waals surface area contributed by atoms with E-state index in [1.54, 1.807) is 0 Å². The Labute approximate surface area is 88.1 Å². The maximum Gasteiger partial charge on any atom is 0.0192 e. The van der Waals surface area contributed by atoms with Crippen LogP contribution in [-0.2, 0) is 0 Å². The van der Waals surface area contributed by atoms with Crippen molar-refractivity contribution in [2.75, 3.05) is 26.2 Å². The van der Waals surface area contributed by atoms with Crippen molar-refractivity contribution in [1.29, 1.82) is 0 Å². The van der Waals surface area contributed by atoms with Gasteiger partial charge in [-0.15, -0.1) is 0 Å². The molecule has 1 saturated heterocycles. The molecular formula is C12H24N2. The monoisotopic (exact) mass is 196 g/mol. The predicted molar refractivity (Wildman–Crippen MR) is 60.5 cm³/mol. The zero-order valence-corrected chi connectivity index (χ0v) is 9.47. The molecule has 1 aliphatic carbocycles. The first kappa shape index (κ1) is 10.4. The molecule has 0 radical (unpaired) electrons. The Bertz CT molecular complexity index is 166. The van der Waals surface area contributed by atoms with Crippen LogP contribution in [0.1, 0.15) is 39.0 Å². The summed E-state index contributed by atoms with van der Waals surface area (Å²) in [5, 5.41) is 3.57. The molecule has 2 nitrogen and oxygen atoms in total. The summed E-state index contributed by atoms with van der Waals surface area (Å²) < 4.78 is 0. The quantitative estimate of drug-likeness (QED) is 0.738. The van der Waals surface area contributed by atoms with Crippen LogP contribution >= 0.6 is 0 Å². The van der Waals surface area contributed by atoms with Crippen molar-refractivity contribution in [2.24, 2.45) is 5.92 Å². The third-order valence-corrected chi connectivity index (χ3v) is 3.91. The lowest BCUT2D eigenvalue weighted by atomic mass is 9.83. The average Bonchev–Trinajstić information content (AvgIpc) is 2.16. The summed E-state index contributed by atoms with van der Waals surface area (Å²) in [6.07, 6.45) is 7.23. The highest BCUT2D eigenvalue weighted by atomic mass is 15.2. The summed E-state index contributed by atoms with van der Waals surface area (Å²) in [6.45, 7) is 7.38. The van der Waals surface area contributed by atoms with Crippen molar-refractivity contribution in [1.82, 2.24) is 10.2 Å². The molecule has 0 aromatic carbocycles. The Hall–Kier alpha value is -0.0800. The molecule has 1 N–H and O–H groups in total. The molecule has 82 valence electrons. The van der Waals surface area contributed by atoms with Gasteiger partial charge in [-0.3, -0.25) is 0 Å². The highest BCUT2D eigenvalue weighted by molar-refractivity contribution is 4.79. The van der Waals surface area contributed by atoms with Crippen LogP contribution in [-0.4, -0.2) is 37.1 Å². The smallest absolute Gasteiger partial charge is 0.0192 e. The fraction of sp³-hybridized carbons (Fsp3) is 1.00. The molecule has 1 saturated carbocycles. The molecule has 1 heterocycles. The van der Waals surface area contributed by atoms with E-state index < -0.39 is 0 Å². The van der Waals surface area contributed by atoms with Crippen molar-refractivity contribution in [2.45, 2.75) is 45.1 Å². The first-order valence-corrected chi connectivity index (χ1v) is 6.34. The van der Waals surface area contributed by atoms with Gasteiger partial charge in [0, 0.05) is 25.7 Å². The SMILES string of the molecule is CCC1CN(CCC2CCC2)CCN1. The van der Waals surface area contributed by atoms with Gasteiger partial charge in [0.25, 0.3) is 0 Å². The van der Waals surface area contributed by atoms with Crippen LogP contribution in [0.2, 0.25) is 0 Å². The van der Waals surface area contributed by atoms with Gasteiger partial charge in [-0.2, -0.15) is 0 Å². The normalized spacial score (nSPS) is 30.2. The van der Waals surface area contributed by atoms with Gasteiger partial charge in [0.05, 0.1) is 0 Å². The van der Waals surface area contributed by atoms with E-state index in [1.807, 2.05) is 0 Å². The van der Waals surface area contributed by atoms with Crippen LogP contribution in [0.5, 0.6) is 0 Å². The Morgan fingerprint density at radius 2 is 2.21 bits per heavy atom. The lowest BCUT2D eigenvalue weighted by Gasteiger charge is -2.35. The minimum atomic E-state index is 0.755. The highest BCUT2D eigenvalue weighted by Gasteiger charge is 2.21. The van der Waals surface area contributed by atoms with E-state index >= 15 is 0 Å². The minimum Gasteiger partial charge on any atom is -0.311 e. The Morgan fingerprint density at radius 3 is 2.86 bits per heavy atom. The van der Waals surface area contributed by atoms with E-state index in [0.717, 1.165) is 12.0 Å². The van der Waals surface area contributed by atoms with E-state index in [9.17, 15) is 0 Å². The van der Waals surface area contributed by atoms with Crippen molar-refractivity contribution >= 4 is 0 Å². The first-order valence-electron chi connectivity index (χ1n) is 6.34. The molecule has 1 aliphatic heterocycles. The molecule has 0 spiro atoms. The average molecular weight is 196 g/mol. The molecule has 1 atom stereocenters. The molecule has 2 fully saturated rings. The summed E-state index contributed by atoms with van der Waals surface area (Å²) in [5.74, 6) is 1.07. The zero-order chi connectivity index (χ0) is 9.80. The van der Waals surface area contributed by atoms with Gasteiger partial charge in [-0.1, -0.05) is 26.2 Å². The number of hydrogen-bond acceptors (Lipinski definition) is 2. The van der Waals surface area contributed by atoms with Gasteiger partial charge in [-0.05, 0) is 25.3 Å². The van der Waals surface area contributed by atoms with E-state index in [4.69, 9.17) is 0 Å². The minimum absolute atomic E-state index is 0.755. The summed E-state index contributed by atoms with van der Waals surface area (Å²) in [7, 11) is 0. The predicted octanol–water partition coefficient (Wildman–Crippen LogP) is 1.86. The molecule has 0 aromatic heterocycles. The molecule has 0 amide bonds. The van der Waals surface area contributed by atoms with Gasteiger partial charge in [0.2, 0.25) is 0 Å². The molecule has 0 bridgehead atoms. The van der Waals surface area contributed by atoms with Crippen LogP contribution in [0.4, 0.5) is 0 Å². The van der Waals surface area contributed by atoms with Crippen LogP contribution in [0.15, 0.2) is 0 Å². The third-order valence-electron chi connectivity index (χ3n) is 3.91. The van der Waals surface area contributed by atoms with E-state index in [0.29, 0.717) is 0 Å². The second-order valence-electron chi connectivity index (χ2n) is 4.95. The topological polar surface area (TPSA) is 15.3 Å². The molecule has 14 heavy (non-hydrogen) atoms. The largest absolute Gasteiger partial charge is 0.311 e. The maximum atomic E-state index is 3.57. The van der Waals surface area contributed by atoms with Crippen molar-refractivity contribution in [3.05, 3.63) is 0 Å². The molecule has 2 aliphatic rings. The lowest BCUT2D eigenvalue weighted by molar-refractivity contribution is 0.169. The number of hydrogen-bond donors (Lipinski definition) is 1. The summed E-state index contributed by atoms with van der Waals surface area (Å²) in [5.41, 5.74) is 0. The lowest BCUT2D eigenvalue weighted by Crippen LogP contribution is -2.50. The van der Waals surface area contributed by atoms with Gasteiger partial charge >= 0.3 is 0 Å². The third kappa shape index (κ3) is 2.71. The van der Waals surface area contributed by atoms with Crippen LogP contribution in [0, 0.1) is 5.92 Å². The summed E-state index contributed by atoms with van der Waals surface area (Å²) >= 11 is 0. The molecule has 1 unspecified atom stereocenters. The molecular weight excluding hydrogens is 172 g/mol. The van der Waals surface area contributed by atoms with Gasteiger partial charge in [0.15, 0.2) is 0 Å². The Kier molecular flexibility index (Phi) is 3.82. The standard InChI is InChI=1S/C12H24N2/c1-2-12-10-14(9-7-13-12)8-6-11-4-3-5-11/h11-13H,2-10H2,1H3. The number of nitrogens with zero attached hydrogens (tertiary/aromatic N) is 1. The van der Waals surface area contributed by atoms with Crippen LogP contribution in [0.25, 0.3) is 0 Å². The maximum absolute atomic E-state index is 3.57. The molecule has 2 heteroatoms. The van der Waals surface area contributed by atoms with Gasteiger partial charge in [-0.25, -0.2) is 0 Å². The Balaban J connectivity index is 1.63. The number of piperazine rings is 1. The number of rotatable bonds is 4. The van der Waals surface area contributed by atoms with Gasteiger partial charge < -0.3 is 10.2 Å². The zero-order valence-electron chi connectivity index (χ0n) is 9.47. The van der Waals surface area contributed by atoms with Gasteiger partial charge in [0.1, 0.15) is 0 Å². The van der Waals surface area contributed by atoms with Crippen molar-refractivity contribution < 1.29 is 0 Å². The summed E-state index contributed by atoms with van der Waals surface area (Å²) in [4.78, 5) is 2.66. The second kappa shape index (κ2) is 5.13. The molecule has 2 rings (SSSR count). The fourth-order valence-electron chi connectivity index (χ4n) is 2.52. The molecule has 0 aromatic rings. The Morgan fingerprint density at radius 1 is 1.36 bits per heavy atom. The highest BCUT2D eigenvalue weighted by Crippen LogP contribution is 2.29. The van der Waals surface area contributed by atoms with Crippen molar-refractivity contribution in [3.8, 4) is 0 Å². The van der Waals surface area contributed by atoms with E-state index in [1.165, 1.54) is 58.3 Å². The summed E-state index contributed by atoms with van der Waals surface area (Å²) in [6, 6.07) is 0.755. The van der Waals surface area contributed by atoms with E-state index in [-0.39, 0.29) is 0 Å². The van der Waals surface area contributed by atoms with Crippen LogP contribution < -0.4 is 5.32 Å². The number of nitrogens with one attached hydrogen (secondary N) is 1. The fourth-order valence-corrected chi connectivity index (χ4v) is 2.52. The first-order chi connectivity index (χ1) is 6.88. The van der Waals surface area contributed by atoms with Crippen LogP contribution in [0.3, 0.4) is 0 Å².